The van der Waals surface area contributed by atoms with Crippen LogP contribution < -0.4 is 11.1 Å². The lowest BCUT2D eigenvalue weighted by molar-refractivity contribution is -0.119. The van der Waals surface area contributed by atoms with Crippen LogP contribution in [0.25, 0.3) is 0 Å². The van der Waals surface area contributed by atoms with Gasteiger partial charge < -0.3 is 11.1 Å². The predicted octanol–water partition coefficient (Wildman–Crippen LogP) is 1.48. The third-order valence-electron chi connectivity index (χ3n) is 3.78. The van der Waals surface area contributed by atoms with Crippen LogP contribution >= 0.6 is 0 Å². The Bertz CT molecular complexity index is 395. The topological polar surface area (TPSA) is 83.8 Å². The molecule has 1 aliphatic carbocycles. The number of nitrogens with two attached hydrogens (primary N) is 1. The number of rotatable bonds is 4. The SMILES string of the molecule is Cc1n[nH]c(C)c1NC(=O)CC1(CN)CCC1. The lowest BCUT2D eigenvalue weighted by Gasteiger charge is -2.40. The Morgan fingerprint density at radius 3 is 2.65 bits per heavy atom. The molecule has 0 radical (unpaired) electrons. The van der Waals surface area contributed by atoms with Gasteiger partial charge in [0.05, 0.1) is 17.1 Å². The largest absolute Gasteiger partial charge is 0.330 e. The standard InChI is InChI=1S/C12H20N4O/c1-8-11(9(2)16-15-8)14-10(17)6-12(7-13)4-3-5-12/h3-7,13H2,1-2H3,(H,14,17)(H,15,16). The maximum absolute atomic E-state index is 12.0. The minimum atomic E-state index is 0.0442. The third-order valence-corrected chi connectivity index (χ3v) is 3.78. The fourth-order valence-electron chi connectivity index (χ4n) is 2.39. The van der Waals surface area contributed by atoms with E-state index in [9.17, 15) is 4.79 Å². The molecule has 0 atom stereocenters. The van der Waals surface area contributed by atoms with Crippen LogP contribution in [0.5, 0.6) is 0 Å². The molecule has 1 aliphatic rings. The molecule has 1 aromatic rings. The summed E-state index contributed by atoms with van der Waals surface area (Å²) < 4.78 is 0. The molecule has 5 nitrogen and oxygen atoms in total. The zero-order valence-corrected chi connectivity index (χ0v) is 10.5. The van der Waals surface area contributed by atoms with E-state index in [-0.39, 0.29) is 11.3 Å². The summed E-state index contributed by atoms with van der Waals surface area (Å²) >= 11 is 0. The van der Waals surface area contributed by atoms with Crippen LogP contribution in [0.4, 0.5) is 5.69 Å². The van der Waals surface area contributed by atoms with Gasteiger partial charge in [0.2, 0.25) is 5.91 Å². The molecule has 94 valence electrons. The summed E-state index contributed by atoms with van der Waals surface area (Å²) in [6.45, 7) is 4.38. The van der Waals surface area contributed by atoms with E-state index in [1.165, 1.54) is 6.42 Å². The van der Waals surface area contributed by atoms with Crippen molar-refractivity contribution >= 4 is 11.6 Å². The Morgan fingerprint density at radius 2 is 2.24 bits per heavy atom. The molecule has 1 fully saturated rings. The van der Waals surface area contributed by atoms with Gasteiger partial charge in [0.1, 0.15) is 0 Å². The number of aromatic nitrogens is 2. The van der Waals surface area contributed by atoms with E-state index in [0.717, 1.165) is 29.9 Å². The summed E-state index contributed by atoms with van der Waals surface area (Å²) in [5, 5.41) is 9.84. The van der Waals surface area contributed by atoms with Crippen LogP contribution in [0.15, 0.2) is 0 Å². The van der Waals surface area contributed by atoms with E-state index in [2.05, 4.69) is 15.5 Å². The van der Waals surface area contributed by atoms with Crippen molar-refractivity contribution in [2.75, 3.05) is 11.9 Å². The second kappa shape index (κ2) is 4.49. The van der Waals surface area contributed by atoms with E-state index in [1.54, 1.807) is 0 Å². The number of carbonyl (C=O) groups is 1. The summed E-state index contributed by atoms with van der Waals surface area (Å²) in [6.07, 6.45) is 3.85. The predicted molar refractivity (Wildman–Crippen MR) is 66.6 cm³/mol. The van der Waals surface area contributed by atoms with Crippen LogP contribution in [0, 0.1) is 19.3 Å². The number of aromatic amines is 1. The highest BCUT2D eigenvalue weighted by Gasteiger charge is 2.37. The molecule has 1 amide bonds. The minimum absolute atomic E-state index is 0.0442. The normalized spacial score (nSPS) is 17.6. The zero-order valence-electron chi connectivity index (χ0n) is 10.5. The molecule has 17 heavy (non-hydrogen) atoms. The molecular weight excluding hydrogens is 216 g/mol. The van der Waals surface area contributed by atoms with Crippen molar-refractivity contribution in [3.63, 3.8) is 0 Å². The van der Waals surface area contributed by atoms with E-state index >= 15 is 0 Å². The monoisotopic (exact) mass is 236 g/mol. The smallest absolute Gasteiger partial charge is 0.225 e. The molecule has 1 heterocycles. The lowest BCUT2D eigenvalue weighted by atomic mass is 9.66. The number of nitrogens with zero attached hydrogens (tertiary/aromatic N) is 1. The summed E-state index contributed by atoms with van der Waals surface area (Å²) in [5.41, 5.74) is 8.33. The zero-order chi connectivity index (χ0) is 12.5. The van der Waals surface area contributed by atoms with Crippen molar-refractivity contribution in [2.24, 2.45) is 11.1 Å². The van der Waals surface area contributed by atoms with E-state index in [0.29, 0.717) is 13.0 Å². The van der Waals surface area contributed by atoms with Crippen LogP contribution in [0.1, 0.15) is 37.1 Å². The van der Waals surface area contributed by atoms with Crippen molar-refractivity contribution in [1.82, 2.24) is 10.2 Å². The number of aryl methyl sites for hydroxylation is 2. The van der Waals surface area contributed by atoms with E-state index in [1.807, 2.05) is 13.8 Å². The van der Waals surface area contributed by atoms with Gasteiger partial charge in [-0.1, -0.05) is 6.42 Å². The number of H-pyrrole nitrogens is 1. The van der Waals surface area contributed by atoms with Gasteiger partial charge in [0.15, 0.2) is 0 Å². The number of anilines is 1. The van der Waals surface area contributed by atoms with Crippen LogP contribution in [-0.2, 0) is 4.79 Å². The van der Waals surface area contributed by atoms with E-state index < -0.39 is 0 Å². The van der Waals surface area contributed by atoms with E-state index in [4.69, 9.17) is 5.73 Å². The average Bonchev–Trinajstić information content (AvgIpc) is 2.55. The number of amides is 1. The fourth-order valence-corrected chi connectivity index (χ4v) is 2.39. The molecule has 5 heteroatoms. The van der Waals surface area contributed by atoms with Gasteiger partial charge in [-0.05, 0) is 38.6 Å². The highest BCUT2D eigenvalue weighted by atomic mass is 16.1. The number of hydrogen-bond donors (Lipinski definition) is 3. The first kappa shape index (κ1) is 12.1. The quantitative estimate of drug-likeness (QED) is 0.740. The molecule has 0 aromatic carbocycles. The molecule has 1 aromatic heterocycles. The van der Waals surface area contributed by atoms with Crippen LogP contribution in [0.2, 0.25) is 0 Å². The third kappa shape index (κ3) is 2.34. The van der Waals surface area contributed by atoms with Gasteiger partial charge in [-0.25, -0.2) is 0 Å². The molecule has 2 rings (SSSR count). The molecule has 0 saturated heterocycles. The highest BCUT2D eigenvalue weighted by Crippen LogP contribution is 2.43. The first-order valence-electron chi connectivity index (χ1n) is 6.08. The van der Waals surface area contributed by atoms with Crippen molar-refractivity contribution < 1.29 is 4.79 Å². The molecule has 4 N–H and O–H groups in total. The van der Waals surface area contributed by atoms with Crippen molar-refractivity contribution in [3.05, 3.63) is 11.4 Å². The van der Waals surface area contributed by atoms with Crippen LogP contribution in [0.3, 0.4) is 0 Å². The minimum Gasteiger partial charge on any atom is -0.330 e. The summed E-state index contributed by atoms with van der Waals surface area (Å²) in [6, 6.07) is 0. The second-order valence-electron chi connectivity index (χ2n) is 5.09. The van der Waals surface area contributed by atoms with Crippen molar-refractivity contribution in [3.8, 4) is 0 Å². The molecule has 0 aliphatic heterocycles. The van der Waals surface area contributed by atoms with Crippen LogP contribution in [-0.4, -0.2) is 22.6 Å². The first-order chi connectivity index (χ1) is 8.06. The summed E-state index contributed by atoms with van der Waals surface area (Å²) in [4.78, 5) is 12.0. The second-order valence-corrected chi connectivity index (χ2v) is 5.09. The Balaban J connectivity index is 1.98. The maximum atomic E-state index is 12.0. The fraction of sp³-hybridized carbons (Fsp3) is 0.667. The maximum Gasteiger partial charge on any atom is 0.225 e. The lowest BCUT2D eigenvalue weighted by Crippen LogP contribution is -2.40. The Labute approximate surface area is 101 Å². The van der Waals surface area contributed by atoms with Crippen molar-refractivity contribution in [2.45, 2.75) is 39.5 Å². The van der Waals surface area contributed by atoms with Gasteiger partial charge in [0, 0.05) is 6.42 Å². The first-order valence-corrected chi connectivity index (χ1v) is 6.08. The van der Waals surface area contributed by atoms with Crippen molar-refractivity contribution in [1.29, 1.82) is 0 Å². The Kier molecular flexibility index (Phi) is 3.19. The van der Waals surface area contributed by atoms with Gasteiger partial charge in [-0.15, -0.1) is 0 Å². The molecule has 0 unspecified atom stereocenters. The molecule has 0 bridgehead atoms. The van der Waals surface area contributed by atoms with Gasteiger partial charge >= 0.3 is 0 Å². The Hall–Kier alpha value is -1.36. The highest BCUT2D eigenvalue weighted by molar-refractivity contribution is 5.92. The van der Waals surface area contributed by atoms with Gasteiger partial charge in [0.25, 0.3) is 0 Å². The molecular formula is C12H20N4O. The molecule has 1 saturated carbocycles. The van der Waals surface area contributed by atoms with Gasteiger partial charge in [-0.3, -0.25) is 9.89 Å². The van der Waals surface area contributed by atoms with Gasteiger partial charge in [-0.2, -0.15) is 5.10 Å². The summed E-state index contributed by atoms with van der Waals surface area (Å²) in [5.74, 6) is 0.0442. The number of carbonyl (C=O) groups excluding carboxylic acids is 1. The summed E-state index contributed by atoms with van der Waals surface area (Å²) in [7, 11) is 0. The molecule has 0 spiro atoms. The number of hydrogen-bond acceptors (Lipinski definition) is 3. The number of nitrogens with one attached hydrogen (secondary N) is 2. The Morgan fingerprint density at radius 1 is 1.53 bits per heavy atom. The average molecular weight is 236 g/mol.